The Balaban J connectivity index is 2.16. The van der Waals surface area contributed by atoms with Crippen LogP contribution in [0.4, 0.5) is 4.79 Å². The van der Waals surface area contributed by atoms with E-state index in [1.54, 1.807) is 12.1 Å². The molecule has 4 heteroatoms. The molecular weight excluding hydrogens is 182 g/mol. The first-order chi connectivity index (χ1) is 6.77. The maximum atomic E-state index is 10.7. The summed E-state index contributed by atoms with van der Waals surface area (Å²) in [6.07, 6.45) is -0.392. The molecule has 1 unspecified atom stereocenters. The lowest BCUT2D eigenvalue weighted by Crippen LogP contribution is -2.37. The predicted octanol–water partition coefficient (Wildman–Crippen LogP) is 1.22. The first kappa shape index (κ1) is 8.87. The van der Waals surface area contributed by atoms with Crippen molar-refractivity contribution in [3.8, 4) is 5.75 Å². The first-order valence-corrected chi connectivity index (χ1v) is 4.46. The second-order valence-electron chi connectivity index (χ2n) is 3.24. The number of alkyl carbamates (subject to hydrolysis) is 1. The Morgan fingerprint density at radius 2 is 2.21 bits per heavy atom. The van der Waals surface area contributed by atoms with Gasteiger partial charge in [-0.05, 0) is 6.07 Å². The van der Waals surface area contributed by atoms with E-state index in [1.807, 2.05) is 12.1 Å². The van der Waals surface area contributed by atoms with Crippen LogP contribution in [0.5, 0.6) is 5.75 Å². The second kappa shape index (κ2) is 3.57. The molecule has 0 aliphatic carbocycles. The van der Waals surface area contributed by atoms with Gasteiger partial charge in [0.1, 0.15) is 12.4 Å². The van der Waals surface area contributed by atoms with E-state index in [0.717, 1.165) is 5.56 Å². The molecule has 0 bridgehead atoms. The number of hydrogen-bond donors (Lipinski definition) is 2. The van der Waals surface area contributed by atoms with E-state index in [-0.39, 0.29) is 11.7 Å². The lowest BCUT2D eigenvalue weighted by molar-refractivity contribution is 0.119. The predicted molar refractivity (Wildman–Crippen MR) is 50.2 cm³/mol. The fourth-order valence-corrected chi connectivity index (χ4v) is 1.53. The fraction of sp³-hybridized carbons (Fsp3) is 0.300. The second-order valence-corrected chi connectivity index (χ2v) is 3.24. The quantitative estimate of drug-likeness (QED) is 0.704. The van der Waals surface area contributed by atoms with Gasteiger partial charge in [-0.25, -0.2) is 4.79 Å². The number of hydrogen-bond acceptors (Lipinski definition) is 3. The van der Waals surface area contributed by atoms with Gasteiger partial charge < -0.3 is 15.2 Å². The normalized spacial score (nSPS) is 21.1. The molecule has 1 aliphatic rings. The van der Waals surface area contributed by atoms with E-state index in [1.165, 1.54) is 0 Å². The highest BCUT2D eigenvalue weighted by Gasteiger charge is 2.22. The zero-order valence-corrected chi connectivity index (χ0v) is 7.56. The molecule has 1 aliphatic heterocycles. The van der Waals surface area contributed by atoms with Crippen molar-refractivity contribution in [2.45, 2.75) is 5.92 Å². The van der Waals surface area contributed by atoms with Crippen LogP contribution >= 0.6 is 0 Å². The molecular formula is C10H11NO3. The van der Waals surface area contributed by atoms with Crippen molar-refractivity contribution < 1.29 is 14.6 Å². The van der Waals surface area contributed by atoms with Gasteiger partial charge in [-0.1, -0.05) is 18.2 Å². The minimum atomic E-state index is -0.392. The third-order valence-electron chi connectivity index (χ3n) is 2.28. The Morgan fingerprint density at radius 3 is 2.86 bits per heavy atom. The van der Waals surface area contributed by atoms with Gasteiger partial charge in [0.2, 0.25) is 0 Å². The summed E-state index contributed by atoms with van der Waals surface area (Å²) in [4.78, 5) is 10.7. The molecule has 0 spiro atoms. The number of carbonyl (C=O) groups is 1. The summed E-state index contributed by atoms with van der Waals surface area (Å²) >= 11 is 0. The number of phenolic OH excluding ortho intramolecular Hbond substituents is 1. The van der Waals surface area contributed by atoms with Crippen LogP contribution in [0.25, 0.3) is 0 Å². The third kappa shape index (κ3) is 1.64. The molecule has 0 aromatic heterocycles. The Hall–Kier alpha value is -1.71. The van der Waals surface area contributed by atoms with Gasteiger partial charge in [-0.2, -0.15) is 0 Å². The maximum Gasteiger partial charge on any atom is 0.407 e. The van der Waals surface area contributed by atoms with E-state index in [2.05, 4.69) is 5.32 Å². The van der Waals surface area contributed by atoms with E-state index in [9.17, 15) is 9.90 Å². The number of para-hydroxylation sites is 1. The van der Waals surface area contributed by atoms with Crippen molar-refractivity contribution in [2.24, 2.45) is 0 Å². The number of ether oxygens (including phenoxy) is 1. The lowest BCUT2D eigenvalue weighted by atomic mass is 9.98. The van der Waals surface area contributed by atoms with Crippen molar-refractivity contribution >= 4 is 6.09 Å². The number of cyclic esters (lactones) is 1. The average molecular weight is 193 g/mol. The van der Waals surface area contributed by atoms with E-state index < -0.39 is 6.09 Å². The van der Waals surface area contributed by atoms with Crippen LogP contribution in [0.1, 0.15) is 11.5 Å². The van der Waals surface area contributed by atoms with Gasteiger partial charge in [0.25, 0.3) is 0 Å². The molecule has 1 heterocycles. The summed E-state index contributed by atoms with van der Waals surface area (Å²) in [5, 5.41) is 12.1. The molecule has 4 nitrogen and oxygen atoms in total. The molecule has 0 saturated carbocycles. The standard InChI is InChI=1S/C10H11NO3/c12-9-4-2-1-3-8(9)7-5-11-10(13)14-6-7/h1-4,7,12H,5-6H2,(H,11,13). The largest absolute Gasteiger partial charge is 0.508 e. The summed E-state index contributed by atoms with van der Waals surface area (Å²) in [6, 6.07) is 7.08. The van der Waals surface area contributed by atoms with Crippen LogP contribution in [0.3, 0.4) is 0 Å². The Bertz CT molecular complexity index is 341. The van der Waals surface area contributed by atoms with E-state index in [0.29, 0.717) is 13.2 Å². The van der Waals surface area contributed by atoms with Gasteiger partial charge in [0.05, 0.1) is 0 Å². The van der Waals surface area contributed by atoms with Gasteiger partial charge >= 0.3 is 6.09 Å². The van der Waals surface area contributed by atoms with Crippen LogP contribution < -0.4 is 5.32 Å². The van der Waals surface area contributed by atoms with Crippen LogP contribution in [-0.2, 0) is 4.74 Å². The third-order valence-corrected chi connectivity index (χ3v) is 2.28. The summed E-state index contributed by atoms with van der Waals surface area (Å²) in [7, 11) is 0. The minimum Gasteiger partial charge on any atom is -0.508 e. The first-order valence-electron chi connectivity index (χ1n) is 4.46. The number of carbonyl (C=O) groups excluding carboxylic acids is 1. The highest BCUT2D eigenvalue weighted by Crippen LogP contribution is 2.26. The summed E-state index contributed by atoms with van der Waals surface area (Å²) < 4.78 is 4.84. The van der Waals surface area contributed by atoms with Crippen molar-refractivity contribution in [3.63, 3.8) is 0 Å². The average Bonchev–Trinajstić information content (AvgIpc) is 2.20. The molecule has 1 aromatic carbocycles. The molecule has 2 N–H and O–H groups in total. The van der Waals surface area contributed by atoms with Crippen molar-refractivity contribution in [1.29, 1.82) is 0 Å². The Labute approximate surface area is 81.5 Å². The van der Waals surface area contributed by atoms with Crippen LogP contribution in [0.15, 0.2) is 24.3 Å². The Kier molecular flexibility index (Phi) is 2.26. The topological polar surface area (TPSA) is 58.6 Å². The smallest absolute Gasteiger partial charge is 0.407 e. The molecule has 1 saturated heterocycles. The number of nitrogens with one attached hydrogen (secondary N) is 1. The SMILES string of the molecule is O=C1NCC(c2ccccc2O)CO1. The van der Waals surface area contributed by atoms with Gasteiger partial charge in [-0.3, -0.25) is 0 Å². The maximum absolute atomic E-state index is 10.7. The fourth-order valence-electron chi connectivity index (χ4n) is 1.53. The van der Waals surface area contributed by atoms with E-state index >= 15 is 0 Å². The van der Waals surface area contributed by atoms with Gasteiger partial charge in [0.15, 0.2) is 0 Å². The molecule has 2 rings (SSSR count). The number of phenols is 1. The zero-order chi connectivity index (χ0) is 9.97. The van der Waals surface area contributed by atoms with Crippen LogP contribution in [0, 0.1) is 0 Å². The van der Waals surface area contributed by atoms with Gasteiger partial charge in [0, 0.05) is 18.0 Å². The van der Waals surface area contributed by atoms with Crippen LogP contribution in [-0.4, -0.2) is 24.4 Å². The molecule has 74 valence electrons. The lowest BCUT2D eigenvalue weighted by Gasteiger charge is -2.23. The molecule has 1 amide bonds. The van der Waals surface area contributed by atoms with Crippen molar-refractivity contribution in [3.05, 3.63) is 29.8 Å². The molecule has 1 aromatic rings. The molecule has 1 atom stereocenters. The molecule has 0 radical (unpaired) electrons. The minimum absolute atomic E-state index is 0.0360. The number of benzene rings is 1. The summed E-state index contributed by atoms with van der Waals surface area (Å²) in [5.41, 5.74) is 0.813. The number of amides is 1. The Morgan fingerprint density at radius 1 is 1.43 bits per heavy atom. The highest BCUT2D eigenvalue weighted by atomic mass is 16.6. The highest BCUT2D eigenvalue weighted by molar-refractivity contribution is 5.68. The van der Waals surface area contributed by atoms with Crippen molar-refractivity contribution in [1.82, 2.24) is 5.32 Å². The van der Waals surface area contributed by atoms with Crippen LogP contribution in [0.2, 0.25) is 0 Å². The monoisotopic (exact) mass is 193 g/mol. The summed E-state index contributed by atoms with van der Waals surface area (Å²) in [6.45, 7) is 0.833. The number of rotatable bonds is 1. The summed E-state index contributed by atoms with van der Waals surface area (Å²) in [5.74, 6) is 0.283. The molecule has 1 fully saturated rings. The molecule has 14 heavy (non-hydrogen) atoms. The van der Waals surface area contributed by atoms with E-state index in [4.69, 9.17) is 4.74 Å². The number of aromatic hydroxyl groups is 1. The van der Waals surface area contributed by atoms with Gasteiger partial charge in [-0.15, -0.1) is 0 Å². The van der Waals surface area contributed by atoms with Crippen molar-refractivity contribution in [2.75, 3.05) is 13.2 Å². The zero-order valence-electron chi connectivity index (χ0n) is 7.56.